The van der Waals surface area contributed by atoms with E-state index in [4.69, 9.17) is 15.2 Å². The normalized spacial score (nSPS) is 15.1. The molecule has 1 saturated heterocycles. The van der Waals surface area contributed by atoms with Crippen LogP contribution in [-0.2, 0) is 11.8 Å². The number of carbonyl (C=O) groups is 3. The Morgan fingerprint density at radius 2 is 1.94 bits per heavy atom. The molecule has 3 heterocycles. The van der Waals surface area contributed by atoms with Gasteiger partial charge in [-0.1, -0.05) is 12.1 Å². The Balaban J connectivity index is 1.40. The van der Waals surface area contributed by atoms with Crippen molar-refractivity contribution in [3.05, 3.63) is 60.0 Å². The number of hydrogen-bond acceptors (Lipinski definition) is 8. The molecule has 1 aromatic carbocycles. The molecule has 1 aliphatic heterocycles. The summed E-state index contributed by atoms with van der Waals surface area (Å²) in [5.41, 5.74) is 7.87. The fraction of sp³-hybridized carbons (Fsp3) is 0.261. The van der Waals surface area contributed by atoms with Gasteiger partial charge in [0, 0.05) is 49.7 Å². The second kappa shape index (κ2) is 9.61. The number of aryl methyl sites for hydroxylation is 1. The maximum Gasteiger partial charge on any atom is 0.415 e. The number of esters is 1. The summed E-state index contributed by atoms with van der Waals surface area (Å²) >= 11 is 0. The summed E-state index contributed by atoms with van der Waals surface area (Å²) in [5, 5.41) is 7.03. The molecule has 0 spiro atoms. The number of hydrogen-bond donors (Lipinski definition) is 2. The monoisotopic (exact) mass is 464 g/mol. The molecule has 0 aliphatic carbocycles. The Morgan fingerprint density at radius 1 is 1.15 bits per heavy atom. The Kier molecular flexibility index (Phi) is 6.44. The topological polar surface area (TPSA) is 142 Å². The van der Waals surface area contributed by atoms with E-state index in [1.165, 1.54) is 24.1 Å². The van der Waals surface area contributed by atoms with E-state index in [1.807, 2.05) is 6.20 Å². The summed E-state index contributed by atoms with van der Waals surface area (Å²) in [6, 6.07) is 7.70. The van der Waals surface area contributed by atoms with E-state index >= 15 is 0 Å². The third kappa shape index (κ3) is 4.82. The molecule has 3 N–H and O–H groups in total. The van der Waals surface area contributed by atoms with Gasteiger partial charge in [-0.15, -0.1) is 0 Å². The van der Waals surface area contributed by atoms with E-state index in [-0.39, 0.29) is 41.2 Å². The summed E-state index contributed by atoms with van der Waals surface area (Å²) in [4.78, 5) is 43.0. The van der Waals surface area contributed by atoms with Crippen molar-refractivity contribution in [2.24, 2.45) is 7.05 Å². The van der Waals surface area contributed by atoms with Crippen molar-refractivity contribution in [3.8, 4) is 16.9 Å². The van der Waals surface area contributed by atoms with Crippen LogP contribution < -0.4 is 15.8 Å². The standard InChI is InChI=1S/C23H24N6O5/c1-28-12-15(11-26-28)14-9-18(20(24)25-10-14)21(30)27-16-7-8-29(13-16)23(32)34-19-6-4-3-5-17(19)22(31)33-2/h3-6,9-12,16H,7-8,13H2,1-2H3,(H2,24,25)(H,27,30)/t16-/m1/s1. The molecule has 1 atom stereocenters. The van der Waals surface area contributed by atoms with E-state index in [1.54, 1.807) is 42.3 Å². The van der Waals surface area contributed by atoms with E-state index in [0.29, 0.717) is 18.5 Å². The SMILES string of the molecule is COC(=O)c1ccccc1OC(=O)N1CC[C@@H](NC(=O)c2cc(-c3cnn(C)c3)cnc2N)C1. The fourth-order valence-corrected chi connectivity index (χ4v) is 3.69. The first-order valence-corrected chi connectivity index (χ1v) is 10.5. The van der Waals surface area contributed by atoms with Gasteiger partial charge in [0.1, 0.15) is 17.1 Å². The first kappa shape index (κ1) is 22.8. The molecule has 0 radical (unpaired) electrons. The van der Waals surface area contributed by atoms with Gasteiger partial charge in [-0.2, -0.15) is 5.10 Å². The number of carbonyl (C=O) groups excluding carboxylic acids is 3. The van der Waals surface area contributed by atoms with E-state index < -0.39 is 12.1 Å². The number of methoxy groups -OCH3 is 1. The van der Waals surface area contributed by atoms with Crippen LogP contribution in [0.25, 0.3) is 11.1 Å². The predicted octanol–water partition coefficient (Wildman–Crippen LogP) is 1.85. The van der Waals surface area contributed by atoms with Crippen LogP contribution in [-0.4, -0.2) is 63.9 Å². The number of aromatic nitrogens is 3. The van der Waals surface area contributed by atoms with Crippen LogP contribution in [0.2, 0.25) is 0 Å². The Morgan fingerprint density at radius 3 is 2.68 bits per heavy atom. The number of benzene rings is 1. The summed E-state index contributed by atoms with van der Waals surface area (Å²) in [7, 11) is 3.05. The summed E-state index contributed by atoms with van der Waals surface area (Å²) in [6.45, 7) is 0.633. The lowest BCUT2D eigenvalue weighted by Gasteiger charge is -2.18. The van der Waals surface area contributed by atoms with Crippen LogP contribution in [0, 0.1) is 0 Å². The van der Waals surface area contributed by atoms with Crippen LogP contribution in [0.5, 0.6) is 5.75 Å². The molecule has 0 unspecified atom stereocenters. The number of para-hydroxylation sites is 1. The van der Waals surface area contributed by atoms with Gasteiger partial charge in [-0.05, 0) is 24.6 Å². The summed E-state index contributed by atoms with van der Waals surface area (Å²) in [5.74, 6) is -0.765. The largest absolute Gasteiger partial charge is 0.465 e. The number of likely N-dealkylation sites (tertiary alicyclic amines) is 1. The molecule has 0 saturated carbocycles. The van der Waals surface area contributed by atoms with Gasteiger partial charge in [0.05, 0.1) is 18.9 Å². The maximum atomic E-state index is 12.9. The molecule has 1 aliphatic rings. The van der Waals surface area contributed by atoms with Gasteiger partial charge in [0.2, 0.25) is 0 Å². The molecule has 34 heavy (non-hydrogen) atoms. The number of pyridine rings is 1. The first-order chi connectivity index (χ1) is 16.4. The van der Waals surface area contributed by atoms with Crippen molar-refractivity contribution in [3.63, 3.8) is 0 Å². The van der Waals surface area contributed by atoms with E-state index in [0.717, 1.165) is 5.56 Å². The van der Waals surface area contributed by atoms with Gasteiger partial charge in [-0.3, -0.25) is 9.48 Å². The third-order valence-corrected chi connectivity index (χ3v) is 5.47. The molecule has 11 nitrogen and oxygen atoms in total. The highest BCUT2D eigenvalue weighted by Gasteiger charge is 2.30. The number of anilines is 1. The van der Waals surface area contributed by atoms with Gasteiger partial charge in [0.15, 0.2) is 0 Å². The molecular weight excluding hydrogens is 440 g/mol. The highest BCUT2D eigenvalue weighted by Crippen LogP contribution is 2.23. The lowest BCUT2D eigenvalue weighted by atomic mass is 10.1. The molecule has 4 rings (SSSR count). The minimum Gasteiger partial charge on any atom is -0.465 e. The maximum absolute atomic E-state index is 12.9. The lowest BCUT2D eigenvalue weighted by molar-refractivity contribution is 0.0597. The second-order valence-electron chi connectivity index (χ2n) is 7.82. The highest BCUT2D eigenvalue weighted by atomic mass is 16.6. The molecule has 2 aromatic heterocycles. The molecular formula is C23H24N6O5. The van der Waals surface area contributed by atoms with Crippen LogP contribution >= 0.6 is 0 Å². The minimum absolute atomic E-state index is 0.109. The fourth-order valence-electron chi connectivity index (χ4n) is 3.69. The quantitative estimate of drug-likeness (QED) is 0.545. The van der Waals surface area contributed by atoms with Crippen molar-refractivity contribution in [1.82, 2.24) is 25.0 Å². The van der Waals surface area contributed by atoms with E-state index in [9.17, 15) is 14.4 Å². The van der Waals surface area contributed by atoms with Crippen molar-refractivity contribution >= 4 is 23.8 Å². The number of rotatable bonds is 5. The summed E-state index contributed by atoms with van der Waals surface area (Å²) < 4.78 is 11.8. The zero-order valence-electron chi connectivity index (χ0n) is 18.7. The number of ether oxygens (including phenoxy) is 2. The van der Waals surface area contributed by atoms with Gasteiger partial charge in [-0.25, -0.2) is 14.6 Å². The predicted molar refractivity (Wildman–Crippen MR) is 122 cm³/mol. The van der Waals surface area contributed by atoms with Gasteiger partial charge < -0.3 is 25.4 Å². The molecule has 1 fully saturated rings. The average molecular weight is 464 g/mol. The smallest absolute Gasteiger partial charge is 0.415 e. The Hall–Kier alpha value is -4.41. The average Bonchev–Trinajstić information content (AvgIpc) is 3.48. The zero-order chi connectivity index (χ0) is 24.2. The van der Waals surface area contributed by atoms with Crippen molar-refractivity contribution < 1.29 is 23.9 Å². The van der Waals surface area contributed by atoms with E-state index in [2.05, 4.69) is 15.4 Å². The third-order valence-electron chi connectivity index (χ3n) is 5.47. The highest BCUT2D eigenvalue weighted by molar-refractivity contribution is 5.99. The molecule has 2 amide bonds. The zero-order valence-corrected chi connectivity index (χ0v) is 18.7. The number of nitrogens with zero attached hydrogens (tertiary/aromatic N) is 4. The number of amides is 2. The van der Waals surface area contributed by atoms with Crippen molar-refractivity contribution in [1.29, 1.82) is 0 Å². The van der Waals surface area contributed by atoms with Gasteiger partial charge in [0.25, 0.3) is 5.91 Å². The number of nitrogens with one attached hydrogen (secondary N) is 1. The van der Waals surface area contributed by atoms with Crippen molar-refractivity contribution in [2.75, 3.05) is 25.9 Å². The number of nitrogens with two attached hydrogens (primary N) is 1. The second-order valence-corrected chi connectivity index (χ2v) is 7.82. The number of nitrogen functional groups attached to an aromatic ring is 1. The van der Waals surface area contributed by atoms with Crippen LogP contribution in [0.4, 0.5) is 10.6 Å². The van der Waals surface area contributed by atoms with Crippen LogP contribution in [0.1, 0.15) is 27.1 Å². The first-order valence-electron chi connectivity index (χ1n) is 10.5. The molecule has 11 heteroatoms. The van der Waals surface area contributed by atoms with Crippen LogP contribution in [0.15, 0.2) is 48.9 Å². The Labute approximate surface area is 195 Å². The molecule has 176 valence electrons. The Bertz CT molecular complexity index is 1240. The van der Waals surface area contributed by atoms with Crippen molar-refractivity contribution in [2.45, 2.75) is 12.5 Å². The summed E-state index contributed by atoms with van der Waals surface area (Å²) in [6.07, 6.45) is 4.99. The lowest BCUT2D eigenvalue weighted by Crippen LogP contribution is -2.39. The minimum atomic E-state index is -0.618. The molecule has 0 bridgehead atoms. The van der Waals surface area contributed by atoms with Gasteiger partial charge >= 0.3 is 12.1 Å². The van der Waals surface area contributed by atoms with Crippen LogP contribution in [0.3, 0.4) is 0 Å². The molecule has 3 aromatic rings.